The second-order valence-corrected chi connectivity index (χ2v) is 20.4. The molecular formula is C64H36N6S2. The molecule has 0 aliphatic carbocycles. The SMILES string of the molecule is N#Cc1cc(-c2nc(-c3ccccc3)nc(-c3ccccc3)n2)c(-n2c3ccccc3c3cc4c(cc32)sc2ccccc24)c(-c2ccccc2)c1-n1c2ccccc2c2cc3c(cc21)sc1ccccc13. The third kappa shape index (κ3) is 6.09. The van der Waals surface area contributed by atoms with Gasteiger partial charge in [0.05, 0.1) is 39.0 Å². The Hall–Kier alpha value is -9.26. The molecule has 6 nitrogen and oxygen atoms in total. The molecular weight excluding hydrogens is 917 g/mol. The molecule has 72 heavy (non-hydrogen) atoms. The minimum atomic E-state index is 0.459. The molecule has 0 radical (unpaired) electrons. The van der Waals surface area contributed by atoms with Crippen molar-refractivity contribution in [2.45, 2.75) is 0 Å². The molecule has 10 aromatic carbocycles. The number of hydrogen-bond donors (Lipinski definition) is 0. The van der Waals surface area contributed by atoms with Crippen LogP contribution in [0.3, 0.4) is 0 Å². The molecule has 0 unspecified atom stereocenters. The van der Waals surface area contributed by atoms with Crippen LogP contribution in [0.4, 0.5) is 0 Å². The average Bonchev–Trinajstić information content (AvgIpc) is 4.19. The predicted molar refractivity (Wildman–Crippen MR) is 301 cm³/mol. The molecule has 5 heterocycles. The lowest BCUT2D eigenvalue weighted by atomic mass is 9.93. The minimum Gasteiger partial charge on any atom is -0.308 e. The first-order valence-electron chi connectivity index (χ1n) is 23.9. The van der Waals surface area contributed by atoms with Crippen molar-refractivity contribution in [3.05, 3.63) is 224 Å². The molecule has 0 aliphatic heterocycles. The van der Waals surface area contributed by atoms with Crippen molar-refractivity contribution in [1.82, 2.24) is 24.1 Å². The van der Waals surface area contributed by atoms with E-state index in [1.165, 1.54) is 40.3 Å². The van der Waals surface area contributed by atoms with Crippen LogP contribution in [0.15, 0.2) is 218 Å². The molecule has 0 bridgehead atoms. The lowest BCUT2D eigenvalue weighted by Gasteiger charge is -2.24. The highest BCUT2D eigenvalue weighted by Crippen LogP contribution is 2.49. The molecule has 0 N–H and O–H groups in total. The van der Waals surface area contributed by atoms with E-state index >= 15 is 0 Å². The van der Waals surface area contributed by atoms with Gasteiger partial charge in [-0.05, 0) is 60.2 Å². The highest BCUT2D eigenvalue weighted by molar-refractivity contribution is 7.26. The third-order valence-electron chi connectivity index (χ3n) is 14.2. The molecule has 15 aromatic rings. The van der Waals surface area contributed by atoms with Gasteiger partial charge in [-0.25, -0.2) is 15.0 Å². The maximum Gasteiger partial charge on any atom is 0.166 e. The normalized spacial score (nSPS) is 11.9. The van der Waals surface area contributed by atoms with Crippen molar-refractivity contribution in [3.63, 3.8) is 0 Å². The van der Waals surface area contributed by atoms with Crippen LogP contribution in [-0.2, 0) is 0 Å². The largest absolute Gasteiger partial charge is 0.308 e. The Labute approximate surface area is 420 Å². The van der Waals surface area contributed by atoms with Crippen LogP contribution in [-0.4, -0.2) is 24.1 Å². The number of nitrogens with zero attached hydrogens (tertiary/aromatic N) is 6. The van der Waals surface area contributed by atoms with E-state index in [-0.39, 0.29) is 0 Å². The van der Waals surface area contributed by atoms with Crippen LogP contribution in [0.2, 0.25) is 0 Å². The van der Waals surface area contributed by atoms with Gasteiger partial charge in [-0.3, -0.25) is 0 Å². The molecule has 0 saturated heterocycles. The summed E-state index contributed by atoms with van der Waals surface area (Å²) in [6.07, 6.45) is 0. The van der Waals surface area contributed by atoms with E-state index in [1.807, 2.05) is 78.1 Å². The fourth-order valence-corrected chi connectivity index (χ4v) is 13.3. The first kappa shape index (κ1) is 40.6. The fourth-order valence-electron chi connectivity index (χ4n) is 11.0. The van der Waals surface area contributed by atoms with Crippen molar-refractivity contribution in [2.75, 3.05) is 0 Å². The van der Waals surface area contributed by atoms with Crippen LogP contribution in [0.1, 0.15) is 5.56 Å². The van der Waals surface area contributed by atoms with Crippen molar-refractivity contribution in [3.8, 4) is 62.7 Å². The Bertz CT molecular complexity index is 4690. The molecule has 0 saturated carbocycles. The van der Waals surface area contributed by atoms with Gasteiger partial charge in [-0.2, -0.15) is 5.26 Å². The van der Waals surface area contributed by atoms with Gasteiger partial charge in [0.15, 0.2) is 17.5 Å². The van der Waals surface area contributed by atoms with Gasteiger partial charge in [0, 0.05) is 84.1 Å². The van der Waals surface area contributed by atoms with Crippen LogP contribution < -0.4 is 0 Å². The van der Waals surface area contributed by atoms with E-state index in [1.54, 1.807) is 11.3 Å². The number of hydrogen-bond acceptors (Lipinski definition) is 6. The summed E-state index contributed by atoms with van der Waals surface area (Å²) >= 11 is 3.61. The van der Waals surface area contributed by atoms with E-state index in [0.717, 1.165) is 77.2 Å². The molecule has 0 aliphatic rings. The summed E-state index contributed by atoms with van der Waals surface area (Å²) < 4.78 is 9.63. The highest BCUT2D eigenvalue weighted by atomic mass is 32.1. The minimum absolute atomic E-state index is 0.459. The Kier molecular flexibility index (Phi) is 8.96. The van der Waals surface area contributed by atoms with Crippen molar-refractivity contribution in [1.29, 1.82) is 5.26 Å². The molecule has 8 heteroatoms. The lowest BCUT2D eigenvalue weighted by molar-refractivity contribution is 1.06. The number of fused-ring (bicyclic) bond motifs is 12. The number of para-hydroxylation sites is 2. The Morgan fingerprint density at radius 1 is 0.333 bits per heavy atom. The second kappa shape index (κ2) is 15.9. The number of benzene rings is 10. The van der Waals surface area contributed by atoms with Crippen molar-refractivity contribution >= 4 is 107 Å². The smallest absolute Gasteiger partial charge is 0.166 e. The van der Waals surface area contributed by atoms with E-state index in [4.69, 9.17) is 15.0 Å². The van der Waals surface area contributed by atoms with Crippen LogP contribution >= 0.6 is 22.7 Å². The molecule has 15 rings (SSSR count). The van der Waals surface area contributed by atoms with Crippen molar-refractivity contribution < 1.29 is 0 Å². The van der Waals surface area contributed by atoms with Crippen LogP contribution in [0, 0.1) is 11.3 Å². The van der Waals surface area contributed by atoms with Gasteiger partial charge in [0.25, 0.3) is 0 Å². The monoisotopic (exact) mass is 952 g/mol. The van der Waals surface area contributed by atoms with Crippen LogP contribution in [0.25, 0.3) is 141 Å². The van der Waals surface area contributed by atoms with E-state index < -0.39 is 0 Å². The van der Waals surface area contributed by atoms with Gasteiger partial charge in [0.1, 0.15) is 6.07 Å². The summed E-state index contributed by atoms with van der Waals surface area (Å²) in [4.78, 5) is 16.0. The van der Waals surface area contributed by atoms with Gasteiger partial charge in [-0.1, -0.05) is 164 Å². The standard InChI is InChI=1S/C64H36N6S2/c65-37-41-32-50(64-67-62(39-20-6-2-7-21-39)66-63(68-64)40-22-8-3-9-23-40)61(70-52-29-15-11-25-43(52)47-34-49-45-27-13-17-31-56(45)72-58(49)36-54(47)70)59(38-18-4-1-5-19-38)60(41)69-51-28-14-10-24-42(51)46-33-48-44-26-12-16-30-55(44)71-57(48)35-53(46)69/h1-36H. The molecule has 0 fully saturated rings. The van der Waals surface area contributed by atoms with Gasteiger partial charge in [0.2, 0.25) is 0 Å². The van der Waals surface area contributed by atoms with E-state index in [2.05, 4.69) is 167 Å². The first-order valence-corrected chi connectivity index (χ1v) is 25.5. The molecule has 0 amide bonds. The second-order valence-electron chi connectivity index (χ2n) is 18.2. The zero-order chi connectivity index (χ0) is 47.4. The maximum absolute atomic E-state index is 11.9. The summed E-state index contributed by atoms with van der Waals surface area (Å²) in [7, 11) is 0. The van der Waals surface area contributed by atoms with E-state index in [9.17, 15) is 5.26 Å². The highest BCUT2D eigenvalue weighted by Gasteiger charge is 2.30. The molecule has 5 aromatic heterocycles. The summed E-state index contributed by atoms with van der Waals surface area (Å²) in [6, 6.07) is 79.6. The quantitative estimate of drug-likeness (QED) is 0.166. The van der Waals surface area contributed by atoms with Gasteiger partial charge < -0.3 is 9.13 Å². The molecule has 0 atom stereocenters. The lowest BCUT2D eigenvalue weighted by Crippen LogP contribution is -2.10. The van der Waals surface area contributed by atoms with Crippen molar-refractivity contribution in [2.24, 2.45) is 0 Å². The maximum atomic E-state index is 11.9. The van der Waals surface area contributed by atoms with Gasteiger partial charge in [-0.15, -0.1) is 22.7 Å². The van der Waals surface area contributed by atoms with E-state index in [0.29, 0.717) is 28.6 Å². The number of thiophene rings is 2. The zero-order valence-corrected chi connectivity index (χ0v) is 39.9. The Balaban J connectivity index is 1.16. The molecule has 0 spiro atoms. The Morgan fingerprint density at radius 2 is 0.750 bits per heavy atom. The average molecular weight is 953 g/mol. The van der Waals surface area contributed by atoms with Gasteiger partial charge >= 0.3 is 0 Å². The fraction of sp³-hybridized carbons (Fsp3) is 0. The number of rotatable bonds is 6. The zero-order valence-electron chi connectivity index (χ0n) is 38.3. The molecule has 334 valence electrons. The van der Waals surface area contributed by atoms with Crippen LogP contribution in [0.5, 0.6) is 0 Å². The predicted octanol–water partition coefficient (Wildman–Crippen LogP) is 17.3. The third-order valence-corrected chi connectivity index (χ3v) is 16.5. The summed E-state index contributed by atoms with van der Waals surface area (Å²) in [5, 5.41) is 21.3. The summed E-state index contributed by atoms with van der Waals surface area (Å²) in [5.41, 5.74) is 10.5. The summed E-state index contributed by atoms with van der Waals surface area (Å²) in [6.45, 7) is 0. The summed E-state index contributed by atoms with van der Waals surface area (Å²) in [5.74, 6) is 1.54. The topological polar surface area (TPSA) is 72.3 Å². The number of nitriles is 1. The first-order chi connectivity index (χ1) is 35.7. The number of aromatic nitrogens is 5. The Morgan fingerprint density at radius 3 is 1.25 bits per heavy atom.